The van der Waals surface area contributed by atoms with Gasteiger partial charge < -0.3 is 14.8 Å². The number of rotatable bonds is 6. The lowest BCUT2D eigenvalue weighted by molar-refractivity contribution is 0.341. The molecule has 0 bridgehead atoms. The highest BCUT2D eigenvalue weighted by Gasteiger charge is 2.40. The number of nitrogens with one attached hydrogen (secondary N) is 2. The van der Waals surface area contributed by atoms with E-state index in [1.54, 1.807) is 32.4 Å². The summed E-state index contributed by atoms with van der Waals surface area (Å²) in [5.41, 5.74) is 4.41. The molecule has 3 atom stereocenters. The van der Waals surface area contributed by atoms with Gasteiger partial charge in [-0.15, -0.1) is 0 Å². The van der Waals surface area contributed by atoms with Crippen molar-refractivity contribution in [1.29, 1.82) is 0 Å². The zero-order valence-electron chi connectivity index (χ0n) is 19.4. The van der Waals surface area contributed by atoms with Crippen LogP contribution < -0.4 is 19.5 Å². The largest absolute Gasteiger partial charge is 0.493 e. The SMILES string of the molecule is COc1cccc([C@H]2Nc3ccc(S(=O)(=O)Nc4ccccc4C)cc3[C@H]3C=CC[C@H]32)c1OC. The van der Waals surface area contributed by atoms with E-state index in [1.807, 2.05) is 43.3 Å². The van der Waals surface area contributed by atoms with Gasteiger partial charge in [0, 0.05) is 17.2 Å². The molecule has 0 fully saturated rings. The van der Waals surface area contributed by atoms with Gasteiger partial charge in [-0.1, -0.05) is 42.5 Å². The molecule has 2 N–H and O–H groups in total. The lowest BCUT2D eigenvalue weighted by atomic mass is 9.77. The molecule has 0 aromatic heterocycles. The average molecular weight is 477 g/mol. The Kier molecular flexibility index (Phi) is 5.73. The number of methoxy groups -OCH3 is 2. The number of aryl methyl sites for hydroxylation is 1. The van der Waals surface area contributed by atoms with Gasteiger partial charge in [-0.2, -0.15) is 0 Å². The zero-order valence-corrected chi connectivity index (χ0v) is 20.2. The van der Waals surface area contributed by atoms with Crippen LogP contribution in [0.4, 0.5) is 11.4 Å². The van der Waals surface area contributed by atoms with E-state index in [2.05, 4.69) is 28.3 Å². The number of sulfonamides is 1. The molecule has 0 saturated carbocycles. The molecule has 0 radical (unpaired) electrons. The van der Waals surface area contributed by atoms with Crippen molar-refractivity contribution in [3.05, 3.63) is 89.5 Å². The van der Waals surface area contributed by atoms with Crippen LogP contribution in [-0.4, -0.2) is 22.6 Å². The Morgan fingerprint density at radius 1 is 0.971 bits per heavy atom. The third kappa shape index (κ3) is 3.80. The second-order valence-electron chi connectivity index (χ2n) is 8.73. The van der Waals surface area contributed by atoms with Gasteiger partial charge in [0.1, 0.15) is 0 Å². The normalized spacial score (nSPS) is 20.7. The first-order valence-electron chi connectivity index (χ1n) is 11.3. The highest BCUT2D eigenvalue weighted by molar-refractivity contribution is 7.92. The Hall–Kier alpha value is -3.45. The van der Waals surface area contributed by atoms with Crippen molar-refractivity contribution in [2.75, 3.05) is 24.3 Å². The molecule has 34 heavy (non-hydrogen) atoms. The minimum atomic E-state index is -3.72. The van der Waals surface area contributed by atoms with Gasteiger partial charge in [0.25, 0.3) is 10.0 Å². The fourth-order valence-electron chi connectivity index (χ4n) is 5.10. The molecule has 1 aliphatic carbocycles. The second kappa shape index (κ2) is 8.72. The van der Waals surface area contributed by atoms with Crippen molar-refractivity contribution in [1.82, 2.24) is 0 Å². The maximum atomic E-state index is 13.2. The molecule has 0 amide bonds. The summed E-state index contributed by atoms with van der Waals surface area (Å²) in [7, 11) is -0.431. The molecule has 176 valence electrons. The van der Waals surface area contributed by atoms with Crippen LogP contribution in [0.3, 0.4) is 0 Å². The summed E-state index contributed by atoms with van der Waals surface area (Å²) in [5.74, 6) is 1.75. The van der Waals surface area contributed by atoms with Crippen LogP contribution >= 0.6 is 0 Å². The smallest absolute Gasteiger partial charge is 0.261 e. The molecule has 3 aromatic carbocycles. The Morgan fingerprint density at radius 2 is 1.79 bits per heavy atom. The first kappa shape index (κ1) is 22.3. The van der Waals surface area contributed by atoms with E-state index in [4.69, 9.17) is 9.47 Å². The maximum Gasteiger partial charge on any atom is 0.261 e. The van der Waals surface area contributed by atoms with Crippen molar-refractivity contribution in [2.45, 2.75) is 30.2 Å². The molecule has 3 aromatic rings. The fourth-order valence-corrected chi connectivity index (χ4v) is 6.26. The molecular formula is C27H28N2O4S. The lowest BCUT2D eigenvalue weighted by Crippen LogP contribution is -2.29. The van der Waals surface area contributed by atoms with Gasteiger partial charge in [0.2, 0.25) is 0 Å². The van der Waals surface area contributed by atoms with Crippen LogP contribution in [0.1, 0.15) is 35.1 Å². The van der Waals surface area contributed by atoms with Gasteiger partial charge in [0.05, 0.1) is 30.8 Å². The third-order valence-corrected chi connectivity index (χ3v) is 8.17. The van der Waals surface area contributed by atoms with E-state index in [0.717, 1.165) is 34.5 Å². The maximum absolute atomic E-state index is 13.2. The summed E-state index contributed by atoms with van der Waals surface area (Å²) in [6.45, 7) is 1.88. The van der Waals surface area contributed by atoms with Gasteiger partial charge >= 0.3 is 0 Å². The first-order chi connectivity index (χ1) is 16.4. The van der Waals surface area contributed by atoms with Crippen molar-refractivity contribution in [3.8, 4) is 11.5 Å². The minimum Gasteiger partial charge on any atom is -0.493 e. The summed E-state index contributed by atoms with van der Waals surface area (Å²) < 4.78 is 40.3. The zero-order chi connectivity index (χ0) is 23.9. The molecule has 2 aliphatic rings. The van der Waals surface area contributed by atoms with Crippen molar-refractivity contribution < 1.29 is 17.9 Å². The van der Waals surface area contributed by atoms with Crippen molar-refractivity contribution >= 4 is 21.4 Å². The number of ether oxygens (including phenoxy) is 2. The molecule has 7 heteroatoms. The van der Waals surface area contributed by atoms with E-state index >= 15 is 0 Å². The summed E-state index contributed by atoms with van der Waals surface area (Å²) in [6, 6.07) is 18.6. The topological polar surface area (TPSA) is 76.7 Å². The van der Waals surface area contributed by atoms with Crippen LogP contribution in [-0.2, 0) is 10.0 Å². The molecule has 6 nitrogen and oxygen atoms in total. The highest BCUT2D eigenvalue weighted by Crippen LogP contribution is 2.52. The Balaban J connectivity index is 1.52. The fraction of sp³-hybridized carbons (Fsp3) is 0.259. The molecule has 0 saturated heterocycles. The monoisotopic (exact) mass is 476 g/mol. The molecular weight excluding hydrogens is 448 g/mol. The summed E-state index contributed by atoms with van der Waals surface area (Å²) in [5, 5.41) is 3.66. The van der Waals surface area contributed by atoms with Gasteiger partial charge in [-0.25, -0.2) is 8.42 Å². The van der Waals surface area contributed by atoms with Crippen LogP contribution in [0.15, 0.2) is 77.7 Å². The standard InChI is InChI=1S/C27H28N2O4S/c1-17-8-4-5-12-23(17)29-34(30,31)18-14-15-24-22(16-18)19-9-6-10-20(19)26(28-24)21-11-7-13-25(32-2)27(21)33-3/h4-9,11-16,19-20,26,28-29H,10H2,1-3H3/t19-,20+,26-/m0/s1. The van der Waals surface area contributed by atoms with Crippen LogP contribution in [0.2, 0.25) is 0 Å². The predicted octanol–water partition coefficient (Wildman–Crippen LogP) is 5.64. The summed E-state index contributed by atoms with van der Waals surface area (Å²) >= 11 is 0. The van der Waals surface area contributed by atoms with Gasteiger partial charge in [-0.3, -0.25) is 4.72 Å². The van der Waals surface area contributed by atoms with E-state index in [1.165, 1.54) is 0 Å². The predicted molar refractivity (Wildman–Crippen MR) is 134 cm³/mol. The van der Waals surface area contributed by atoms with Crippen molar-refractivity contribution in [3.63, 3.8) is 0 Å². The average Bonchev–Trinajstić information content (AvgIpc) is 3.34. The quantitative estimate of drug-likeness (QED) is 0.450. The molecule has 0 spiro atoms. The summed E-state index contributed by atoms with van der Waals surface area (Å²) in [4.78, 5) is 0.257. The number of anilines is 2. The lowest BCUT2D eigenvalue weighted by Gasteiger charge is -2.38. The van der Waals surface area contributed by atoms with E-state index < -0.39 is 10.0 Å². The highest BCUT2D eigenvalue weighted by atomic mass is 32.2. The minimum absolute atomic E-state index is 0.00472. The third-order valence-electron chi connectivity index (χ3n) is 6.80. The van der Waals surface area contributed by atoms with Gasteiger partial charge in [-0.05, 0) is 60.7 Å². The summed E-state index contributed by atoms with van der Waals surface area (Å²) in [6.07, 6.45) is 5.26. The van der Waals surface area contributed by atoms with Gasteiger partial charge in [0.15, 0.2) is 11.5 Å². The second-order valence-corrected chi connectivity index (χ2v) is 10.4. The number of benzene rings is 3. The van der Waals surface area contributed by atoms with Crippen molar-refractivity contribution in [2.24, 2.45) is 5.92 Å². The number of allylic oxidation sites excluding steroid dienone is 2. The number of hydrogen-bond acceptors (Lipinski definition) is 5. The Morgan fingerprint density at radius 3 is 2.56 bits per heavy atom. The molecule has 0 unspecified atom stereocenters. The Labute approximate surface area is 200 Å². The number of hydrogen-bond donors (Lipinski definition) is 2. The van der Waals surface area contributed by atoms with Crippen LogP contribution in [0.5, 0.6) is 11.5 Å². The molecule has 1 aliphatic heterocycles. The molecule has 1 heterocycles. The molecule has 5 rings (SSSR count). The number of fused-ring (bicyclic) bond motifs is 3. The van der Waals surface area contributed by atoms with E-state index in [9.17, 15) is 8.42 Å². The number of para-hydroxylation sites is 2. The Bertz CT molecular complexity index is 1370. The van der Waals surface area contributed by atoms with E-state index in [0.29, 0.717) is 11.4 Å². The first-order valence-corrected chi connectivity index (χ1v) is 12.8. The van der Waals surface area contributed by atoms with Crippen LogP contribution in [0.25, 0.3) is 0 Å². The van der Waals surface area contributed by atoms with E-state index in [-0.39, 0.29) is 22.8 Å². The van der Waals surface area contributed by atoms with Crippen LogP contribution in [0, 0.1) is 12.8 Å².